The second-order valence-corrected chi connectivity index (χ2v) is 7.80. The van der Waals surface area contributed by atoms with Gasteiger partial charge in [-0.1, -0.05) is 30.3 Å². The van der Waals surface area contributed by atoms with Crippen molar-refractivity contribution in [1.29, 1.82) is 0 Å². The minimum atomic E-state index is -0.321. The van der Waals surface area contributed by atoms with Gasteiger partial charge in [-0.25, -0.2) is 0 Å². The molecule has 1 aromatic carbocycles. The molecule has 0 radical (unpaired) electrons. The maximum Gasteiger partial charge on any atom is 0.227 e. The number of rotatable bonds is 4. The van der Waals surface area contributed by atoms with E-state index in [1.165, 1.54) is 0 Å². The fourth-order valence-electron chi connectivity index (χ4n) is 4.18. The molecule has 2 aromatic rings. The molecule has 7 heteroatoms. The van der Waals surface area contributed by atoms with Crippen molar-refractivity contribution in [3.63, 3.8) is 0 Å². The molecule has 0 aliphatic carbocycles. The third-order valence-electron chi connectivity index (χ3n) is 5.61. The van der Waals surface area contributed by atoms with E-state index in [2.05, 4.69) is 33.5 Å². The first-order valence-electron chi connectivity index (χ1n) is 9.70. The molecule has 1 N–H and O–H groups in total. The third kappa shape index (κ3) is 3.61. The molecular formula is C20H27N5O2. The molecule has 1 saturated heterocycles. The van der Waals surface area contributed by atoms with Gasteiger partial charge in [0.1, 0.15) is 0 Å². The van der Waals surface area contributed by atoms with Crippen molar-refractivity contribution >= 4 is 5.91 Å². The summed E-state index contributed by atoms with van der Waals surface area (Å²) in [6, 6.07) is 10.3. The van der Waals surface area contributed by atoms with Gasteiger partial charge in [-0.05, 0) is 25.8 Å². The molecular weight excluding hydrogens is 342 g/mol. The first-order valence-corrected chi connectivity index (χ1v) is 9.70. The number of aliphatic hydroxyl groups excluding tert-OH is 1. The Kier molecular flexibility index (Phi) is 4.97. The number of benzene rings is 1. The monoisotopic (exact) mass is 369 g/mol. The summed E-state index contributed by atoms with van der Waals surface area (Å²) < 4.78 is 2.14. The number of amides is 1. The second kappa shape index (κ2) is 7.40. The van der Waals surface area contributed by atoms with E-state index >= 15 is 0 Å². The largest absolute Gasteiger partial charge is 0.392 e. The van der Waals surface area contributed by atoms with Crippen molar-refractivity contribution < 1.29 is 9.90 Å². The van der Waals surface area contributed by atoms with Crippen molar-refractivity contribution in [3.8, 4) is 0 Å². The second-order valence-electron chi connectivity index (χ2n) is 7.80. The fourth-order valence-corrected chi connectivity index (χ4v) is 4.18. The van der Waals surface area contributed by atoms with Crippen molar-refractivity contribution in [2.24, 2.45) is 0 Å². The molecule has 0 saturated carbocycles. The Bertz CT molecular complexity index is 804. The number of carbonyl (C=O) groups excluding carboxylic acids is 1. The van der Waals surface area contributed by atoms with Crippen LogP contribution in [0.25, 0.3) is 0 Å². The highest BCUT2D eigenvalue weighted by Gasteiger charge is 2.38. The van der Waals surface area contributed by atoms with Crippen LogP contribution in [-0.4, -0.2) is 60.8 Å². The highest BCUT2D eigenvalue weighted by Crippen LogP contribution is 2.33. The molecule has 7 nitrogen and oxygen atoms in total. The number of aliphatic hydroxyl groups is 1. The maximum absolute atomic E-state index is 12.7. The van der Waals surface area contributed by atoms with E-state index in [4.69, 9.17) is 0 Å². The van der Waals surface area contributed by atoms with E-state index in [1.54, 1.807) is 0 Å². The standard InChI is InChI=1S/C20H27N5O2/c1-14(2)25-12-16(26)11-17(25)20-22-21-18-13-23(8-9-24(18)20)19(27)10-15-6-4-3-5-7-15/h3-7,14,16-17,26H,8-13H2,1-2H3/t16-,17-/m0/s1. The molecule has 1 aromatic heterocycles. The van der Waals surface area contributed by atoms with Gasteiger partial charge < -0.3 is 14.6 Å². The van der Waals surface area contributed by atoms with Gasteiger partial charge in [0.15, 0.2) is 11.6 Å². The minimum Gasteiger partial charge on any atom is -0.392 e. The van der Waals surface area contributed by atoms with Crippen molar-refractivity contribution in [2.75, 3.05) is 13.1 Å². The van der Waals surface area contributed by atoms with Crippen molar-refractivity contribution in [1.82, 2.24) is 24.6 Å². The van der Waals surface area contributed by atoms with Gasteiger partial charge in [0.05, 0.1) is 25.1 Å². The van der Waals surface area contributed by atoms with Gasteiger partial charge in [-0.2, -0.15) is 0 Å². The Morgan fingerprint density at radius 2 is 2.00 bits per heavy atom. The van der Waals surface area contributed by atoms with Gasteiger partial charge in [-0.3, -0.25) is 9.69 Å². The van der Waals surface area contributed by atoms with E-state index in [1.807, 2.05) is 35.2 Å². The molecule has 144 valence electrons. The number of fused-ring (bicyclic) bond motifs is 1. The van der Waals surface area contributed by atoms with Gasteiger partial charge in [0.25, 0.3) is 0 Å². The highest BCUT2D eigenvalue weighted by molar-refractivity contribution is 5.78. The molecule has 4 rings (SSSR count). The van der Waals surface area contributed by atoms with Crippen LogP contribution in [0, 0.1) is 0 Å². The number of likely N-dealkylation sites (tertiary alicyclic amines) is 1. The fraction of sp³-hybridized carbons (Fsp3) is 0.550. The summed E-state index contributed by atoms with van der Waals surface area (Å²) in [5.74, 6) is 1.88. The molecule has 27 heavy (non-hydrogen) atoms. The minimum absolute atomic E-state index is 0.0906. The smallest absolute Gasteiger partial charge is 0.227 e. The summed E-state index contributed by atoms with van der Waals surface area (Å²) in [7, 11) is 0. The molecule has 2 aliphatic heterocycles. The van der Waals surface area contributed by atoms with E-state index in [0.29, 0.717) is 45.1 Å². The van der Waals surface area contributed by atoms with Crippen LogP contribution in [0.3, 0.4) is 0 Å². The molecule has 0 spiro atoms. The van der Waals surface area contributed by atoms with Gasteiger partial charge in [0, 0.05) is 25.7 Å². The lowest BCUT2D eigenvalue weighted by Crippen LogP contribution is -2.40. The topological polar surface area (TPSA) is 74.5 Å². The summed E-state index contributed by atoms with van der Waals surface area (Å²) in [6.07, 6.45) is 0.781. The van der Waals surface area contributed by atoms with Crippen LogP contribution in [-0.2, 0) is 24.3 Å². The number of β-amino-alcohol motifs (C(OH)–C–C–N with tert-alkyl or cyclic N) is 1. The zero-order valence-electron chi connectivity index (χ0n) is 16.0. The Hall–Kier alpha value is -2.25. The van der Waals surface area contributed by atoms with Crippen LogP contribution >= 0.6 is 0 Å². The Balaban J connectivity index is 1.48. The third-order valence-corrected chi connectivity index (χ3v) is 5.61. The van der Waals surface area contributed by atoms with Crippen LogP contribution < -0.4 is 0 Å². The first-order chi connectivity index (χ1) is 13.0. The summed E-state index contributed by atoms with van der Waals surface area (Å²) in [4.78, 5) is 16.8. The number of nitrogens with zero attached hydrogens (tertiary/aromatic N) is 5. The maximum atomic E-state index is 12.7. The van der Waals surface area contributed by atoms with E-state index < -0.39 is 0 Å². The predicted octanol–water partition coefficient (Wildman–Crippen LogP) is 1.38. The van der Waals surface area contributed by atoms with Gasteiger partial charge in [0.2, 0.25) is 5.91 Å². The zero-order valence-corrected chi connectivity index (χ0v) is 16.0. The quantitative estimate of drug-likeness (QED) is 0.881. The lowest BCUT2D eigenvalue weighted by Gasteiger charge is -2.31. The van der Waals surface area contributed by atoms with Crippen LogP contribution in [0.5, 0.6) is 0 Å². The average Bonchev–Trinajstić information content (AvgIpc) is 3.25. The van der Waals surface area contributed by atoms with Crippen LogP contribution in [0.15, 0.2) is 30.3 Å². The van der Waals surface area contributed by atoms with Crippen LogP contribution in [0.4, 0.5) is 0 Å². The molecule has 2 aliphatic rings. The summed E-state index contributed by atoms with van der Waals surface area (Å²) in [5.41, 5.74) is 1.03. The highest BCUT2D eigenvalue weighted by atomic mass is 16.3. The Morgan fingerprint density at radius 1 is 1.22 bits per heavy atom. The van der Waals surface area contributed by atoms with Crippen LogP contribution in [0.1, 0.15) is 43.5 Å². The van der Waals surface area contributed by atoms with Gasteiger partial charge in [-0.15, -0.1) is 10.2 Å². The van der Waals surface area contributed by atoms with E-state index in [0.717, 1.165) is 17.2 Å². The Morgan fingerprint density at radius 3 is 2.74 bits per heavy atom. The number of carbonyl (C=O) groups is 1. The summed E-state index contributed by atoms with van der Waals surface area (Å²) >= 11 is 0. The van der Waals surface area contributed by atoms with E-state index in [-0.39, 0.29) is 18.1 Å². The molecule has 1 amide bonds. The number of aromatic nitrogens is 3. The molecule has 3 heterocycles. The Labute approximate surface area is 159 Å². The SMILES string of the molecule is CC(C)N1C[C@@H](O)C[C@H]1c1nnc2n1CCN(C(=O)Cc1ccccc1)C2. The molecule has 1 fully saturated rings. The normalized spacial score (nSPS) is 23.0. The molecule has 0 unspecified atom stereocenters. The predicted molar refractivity (Wildman–Crippen MR) is 101 cm³/mol. The molecule has 0 bridgehead atoms. The zero-order chi connectivity index (χ0) is 19.0. The summed E-state index contributed by atoms with van der Waals surface area (Å²) in [5, 5.41) is 18.9. The number of hydrogen-bond donors (Lipinski definition) is 1. The van der Waals surface area contributed by atoms with Gasteiger partial charge >= 0.3 is 0 Å². The first kappa shape index (κ1) is 18.1. The number of hydrogen-bond acceptors (Lipinski definition) is 5. The van der Waals surface area contributed by atoms with Crippen LogP contribution in [0.2, 0.25) is 0 Å². The lowest BCUT2D eigenvalue weighted by atomic mass is 10.1. The van der Waals surface area contributed by atoms with E-state index in [9.17, 15) is 9.90 Å². The average molecular weight is 369 g/mol. The lowest BCUT2D eigenvalue weighted by molar-refractivity contribution is -0.132. The van der Waals surface area contributed by atoms with Crippen molar-refractivity contribution in [2.45, 2.75) is 58.0 Å². The van der Waals surface area contributed by atoms with Crippen molar-refractivity contribution in [3.05, 3.63) is 47.5 Å². The summed E-state index contributed by atoms with van der Waals surface area (Å²) in [6.45, 7) is 6.82. The molecule has 2 atom stereocenters.